The van der Waals surface area contributed by atoms with Crippen LogP contribution in [0.3, 0.4) is 0 Å². The van der Waals surface area contributed by atoms with Crippen LogP contribution in [0.4, 0.5) is 5.82 Å². The number of carbonyl (C=O) groups excluding carboxylic acids is 1. The molecule has 0 unspecified atom stereocenters. The average Bonchev–Trinajstić information content (AvgIpc) is 2.88. The van der Waals surface area contributed by atoms with E-state index in [2.05, 4.69) is 9.88 Å². The molecular weight excluding hydrogens is 244 g/mol. The minimum absolute atomic E-state index is 0.0525. The molecule has 3 heterocycles. The summed E-state index contributed by atoms with van der Waals surface area (Å²) >= 11 is 0. The highest BCUT2D eigenvalue weighted by atomic mass is 16.7. The number of aromatic nitrogens is 1. The van der Waals surface area contributed by atoms with E-state index in [9.17, 15) is 4.79 Å². The molecule has 0 N–H and O–H groups in total. The van der Waals surface area contributed by atoms with Gasteiger partial charge in [0.2, 0.25) is 0 Å². The van der Waals surface area contributed by atoms with Gasteiger partial charge in [-0.2, -0.15) is 0 Å². The average molecular weight is 262 g/mol. The summed E-state index contributed by atoms with van der Waals surface area (Å²) in [7, 11) is 0. The van der Waals surface area contributed by atoms with Crippen LogP contribution in [-0.4, -0.2) is 42.9 Å². The first-order chi connectivity index (χ1) is 9.20. The molecule has 19 heavy (non-hydrogen) atoms. The van der Waals surface area contributed by atoms with Gasteiger partial charge in [0, 0.05) is 32.1 Å². The molecule has 1 spiro atoms. The molecule has 0 aromatic carbocycles. The Bertz CT molecular complexity index is 473. The van der Waals surface area contributed by atoms with Crippen LogP contribution in [0.1, 0.15) is 30.1 Å². The minimum Gasteiger partial charge on any atom is -0.356 e. The first-order valence-corrected chi connectivity index (χ1v) is 6.69. The zero-order valence-electron chi connectivity index (χ0n) is 11.1. The molecule has 102 valence electrons. The van der Waals surface area contributed by atoms with Gasteiger partial charge in [-0.15, -0.1) is 0 Å². The Morgan fingerprint density at radius 1 is 1.32 bits per heavy atom. The largest absolute Gasteiger partial charge is 0.356 e. The summed E-state index contributed by atoms with van der Waals surface area (Å²) in [4.78, 5) is 18.2. The maximum absolute atomic E-state index is 11.6. The first kappa shape index (κ1) is 12.6. The lowest BCUT2D eigenvalue weighted by Gasteiger charge is -2.38. The van der Waals surface area contributed by atoms with Gasteiger partial charge >= 0.3 is 0 Å². The number of ketones is 1. The Balaban J connectivity index is 1.76. The first-order valence-electron chi connectivity index (χ1n) is 6.69. The molecule has 0 saturated carbocycles. The highest BCUT2D eigenvalue weighted by molar-refractivity contribution is 5.98. The quantitative estimate of drug-likeness (QED) is 0.758. The standard InChI is InChI=1S/C14H18N2O3/c1-11(17)12-3-2-6-15-13(12)16-7-4-14(5-8-16)18-9-10-19-14/h2-3,6H,4-5,7-10H2,1H3. The molecule has 1 aromatic rings. The molecule has 0 radical (unpaired) electrons. The lowest BCUT2D eigenvalue weighted by Crippen LogP contribution is -2.45. The zero-order valence-corrected chi connectivity index (χ0v) is 11.1. The zero-order chi connectivity index (χ0) is 13.3. The molecular formula is C14H18N2O3. The van der Waals surface area contributed by atoms with Crippen molar-refractivity contribution in [3.05, 3.63) is 23.9 Å². The molecule has 0 bridgehead atoms. The number of hydrogen-bond donors (Lipinski definition) is 0. The van der Waals surface area contributed by atoms with Gasteiger partial charge in [-0.25, -0.2) is 4.98 Å². The van der Waals surface area contributed by atoms with E-state index in [-0.39, 0.29) is 11.6 Å². The van der Waals surface area contributed by atoms with E-state index in [1.165, 1.54) is 0 Å². The molecule has 0 aliphatic carbocycles. The van der Waals surface area contributed by atoms with Crippen LogP contribution in [0.5, 0.6) is 0 Å². The van der Waals surface area contributed by atoms with Crippen molar-refractivity contribution in [1.29, 1.82) is 0 Å². The Labute approximate surface area is 112 Å². The van der Waals surface area contributed by atoms with Crippen LogP contribution in [0, 0.1) is 0 Å². The second-order valence-electron chi connectivity index (χ2n) is 5.03. The fraction of sp³-hybridized carbons (Fsp3) is 0.571. The van der Waals surface area contributed by atoms with Crippen molar-refractivity contribution in [2.45, 2.75) is 25.6 Å². The second kappa shape index (κ2) is 4.90. The maximum Gasteiger partial charge on any atom is 0.171 e. The molecule has 5 nitrogen and oxygen atoms in total. The van der Waals surface area contributed by atoms with Crippen LogP contribution >= 0.6 is 0 Å². The van der Waals surface area contributed by atoms with Gasteiger partial charge in [-0.05, 0) is 19.1 Å². The van der Waals surface area contributed by atoms with E-state index < -0.39 is 0 Å². The maximum atomic E-state index is 11.6. The monoisotopic (exact) mass is 262 g/mol. The highest BCUT2D eigenvalue weighted by Gasteiger charge is 2.40. The molecule has 2 aliphatic rings. The fourth-order valence-electron chi connectivity index (χ4n) is 2.77. The van der Waals surface area contributed by atoms with E-state index in [0.717, 1.165) is 31.7 Å². The number of Topliss-reactive ketones (excluding diaryl/α,β-unsaturated/α-hetero) is 1. The van der Waals surface area contributed by atoms with Gasteiger partial charge in [0.05, 0.1) is 18.8 Å². The van der Waals surface area contributed by atoms with E-state index in [1.54, 1.807) is 19.2 Å². The highest BCUT2D eigenvalue weighted by Crippen LogP contribution is 2.33. The lowest BCUT2D eigenvalue weighted by atomic mass is 10.0. The third-order valence-electron chi connectivity index (χ3n) is 3.80. The van der Waals surface area contributed by atoms with Gasteiger partial charge in [-0.3, -0.25) is 4.79 Å². The molecule has 1 aromatic heterocycles. The van der Waals surface area contributed by atoms with Crippen molar-refractivity contribution < 1.29 is 14.3 Å². The van der Waals surface area contributed by atoms with Crippen LogP contribution in [0.25, 0.3) is 0 Å². The number of rotatable bonds is 2. The number of nitrogens with zero attached hydrogens (tertiary/aromatic N) is 2. The minimum atomic E-state index is -0.387. The topological polar surface area (TPSA) is 51.7 Å². The van der Waals surface area contributed by atoms with Crippen molar-refractivity contribution in [2.75, 3.05) is 31.2 Å². The Morgan fingerprint density at radius 3 is 2.63 bits per heavy atom. The summed E-state index contributed by atoms with van der Waals surface area (Å²) in [5, 5.41) is 0. The Hall–Kier alpha value is -1.46. The number of pyridine rings is 1. The SMILES string of the molecule is CC(=O)c1cccnc1N1CCC2(CC1)OCCO2. The third-order valence-corrected chi connectivity index (χ3v) is 3.80. The van der Waals surface area contributed by atoms with Crippen LogP contribution in [0.2, 0.25) is 0 Å². The second-order valence-corrected chi connectivity index (χ2v) is 5.03. The molecule has 0 atom stereocenters. The summed E-state index contributed by atoms with van der Waals surface area (Å²) in [5.41, 5.74) is 0.687. The Kier molecular flexibility index (Phi) is 3.24. The van der Waals surface area contributed by atoms with Crippen LogP contribution in [0.15, 0.2) is 18.3 Å². The summed E-state index contributed by atoms with van der Waals surface area (Å²) in [6.07, 6.45) is 3.37. The normalized spacial score (nSPS) is 21.8. The van der Waals surface area contributed by atoms with E-state index in [0.29, 0.717) is 18.8 Å². The van der Waals surface area contributed by atoms with Crippen molar-refractivity contribution in [2.24, 2.45) is 0 Å². The van der Waals surface area contributed by atoms with Gasteiger partial charge in [0.25, 0.3) is 0 Å². The van der Waals surface area contributed by atoms with Crippen molar-refractivity contribution >= 4 is 11.6 Å². The van der Waals surface area contributed by atoms with Crippen LogP contribution in [-0.2, 0) is 9.47 Å². The van der Waals surface area contributed by atoms with Gasteiger partial charge in [-0.1, -0.05) is 0 Å². The third kappa shape index (κ3) is 2.35. The summed E-state index contributed by atoms with van der Waals surface area (Å²) in [5.74, 6) is 0.446. The van der Waals surface area contributed by atoms with Crippen molar-refractivity contribution in [3.8, 4) is 0 Å². The van der Waals surface area contributed by atoms with Gasteiger partial charge in [0.1, 0.15) is 5.82 Å². The van der Waals surface area contributed by atoms with Crippen molar-refractivity contribution in [3.63, 3.8) is 0 Å². The molecule has 5 heteroatoms. The van der Waals surface area contributed by atoms with Crippen LogP contribution < -0.4 is 4.90 Å². The summed E-state index contributed by atoms with van der Waals surface area (Å²) < 4.78 is 11.4. The molecule has 0 amide bonds. The Morgan fingerprint density at radius 2 is 2.00 bits per heavy atom. The van der Waals surface area contributed by atoms with E-state index in [4.69, 9.17) is 9.47 Å². The number of ether oxygens (including phenoxy) is 2. The fourth-order valence-corrected chi connectivity index (χ4v) is 2.77. The molecule has 2 saturated heterocycles. The summed E-state index contributed by atoms with van der Waals surface area (Å²) in [6, 6.07) is 3.63. The number of anilines is 1. The lowest BCUT2D eigenvalue weighted by molar-refractivity contribution is -0.169. The van der Waals surface area contributed by atoms with E-state index >= 15 is 0 Å². The van der Waals surface area contributed by atoms with Gasteiger partial charge in [0.15, 0.2) is 11.6 Å². The van der Waals surface area contributed by atoms with Crippen molar-refractivity contribution in [1.82, 2.24) is 4.98 Å². The number of hydrogen-bond acceptors (Lipinski definition) is 5. The smallest absolute Gasteiger partial charge is 0.171 e. The number of piperidine rings is 1. The molecule has 3 rings (SSSR count). The molecule has 2 fully saturated rings. The summed E-state index contributed by atoms with van der Waals surface area (Å²) in [6.45, 7) is 4.55. The van der Waals surface area contributed by atoms with E-state index in [1.807, 2.05) is 6.07 Å². The predicted molar refractivity (Wildman–Crippen MR) is 70.3 cm³/mol. The van der Waals surface area contributed by atoms with Gasteiger partial charge < -0.3 is 14.4 Å². The number of carbonyl (C=O) groups is 1. The predicted octanol–water partition coefficient (Wildman–Crippen LogP) is 1.63. The molecule has 2 aliphatic heterocycles.